The Labute approximate surface area is 113 Å². The van der Waals surface area contributed by atoms with E-state index in [2.05, 4.69) is 0 Å². The average Bonchev–Trinajstić information content (AvgIpc) is 2.83. The summed E-state index contributed by atoms with van der Waals surface area (Å²) in [5.74, 6) is 1.49. The lowest BCUT2D eigenvalue weighted by Gasteiger charge is -2.14. The Morgan fingerprint density at radius 1 is 1.21 bits per heavy atom. The van der Waals surface area contributed by atoms with Crippen molar-refractivity contribution in [2.24, 2.45) is 0 Å². The normalized spacial score (nSPS) is 10.8. The van der Waals surface area contributed by atoms with Crippen molar-refractivity contribution >= 4 is 12.0 Å². The van der Waals surface area contributed by atoms with Crippen LogP contribution in [0.5, 0.6) is 0 Å². The van der Waals surface area contributed by atoms with E-state index in [1.54, 1.807) is 18.0 Å². The lowest BCUT2D eigenvalue weighted by molar-refractivity contribution is -0.125. The van der Waals surface area contributed by atoms with Crippen LogP contribution in [0.25, 0.3) is 6.08 Å². The molecule has 1 amide bonds. The Hall–Kier alpha value is -2.29. The number of furan rings is 1. The minimum atomic E-state index is -0.0436. The molecule has 0 saturated carbocycles. The summed E-state index contributed by atoms with van der Waals surface area (Å²) in [4.78, 5) is 13.6. The van der Waals surface area contributed by atoms with Gasteiger partial charge in [0.1, 0.15) is 11.5 Å². The van der Waals surface area contributed by atoms with E-state index in [0.29, 0.717) is 12.3 Å². The number of likely N-dealkylation sites (N-methyl/N-ethyl adjacent to an activating group) is 1. The maximum Gasteiger partial charge on any atom is 0.246 e. The summed E-state index contributed by atoms with van der Waals surface area (Å²) in [6.07, 6.45) is 3.22. The molecular weight excluding hydrogens is 238 g/mol. The first kappa shape index (κ1) is 13.1. The number of nitrogens with zero attached hydrogens (tertiary/aromatic N) is 1. The molecule has 0 aliphatic heterocycles. The van der Waals surface area contributed by atoms with Crippen molar-refractivity contribution in [2.75, 3.05) is 7.05 Å². The van der Waals surface area contributed by atoms with Crippen molar-refractivity contribution in [3.05, 3.63) is 65.6 Å². The third-order valence-electron chi connectivity index (χ3n) is 2.79. The number of aryl methyl sites for hydroxylation is 1. The number of hydrogen-bond acceptors (Lipinski definition) is 2. The zero-order chi connectivity index (χ0) is 13.7. The highest BCUT2D eigenvalue weighted by Crippen LogP contribution is 2.09. The van der Waals surface area contributed by atoms with Gasteiger partial charge in [-0.25, -0.2) is 0 Å². The first-order valence-electron chi connectivity index (χ1n) is 6.19. The van der Waals surface area contributed by atoms with Gasteiger partial charge in [0.15, 0.2) is 0 Å². The maximum atomic E-state index is 11.9. The topological polar surface area (TPSA) is 33.5 Å². The summed E-state index contributed by atoms with van der Waals surface area (Å²) in [7, 11) is 1.78. The van der Waals surface area contributed by atoms with Gasteiger partial charge >= 0.3 is 0 Å². The molecule has 0 N–H and O–H groups in total. The molecule has 1 aromatic carbocycles. The van der Waals surface area contributed by atoms with Crippen LogP contribution >= 0.6 is 0 Å². The number of benzene rings is 1. The number of carbonyl (C=O) groups is 1. The van der Waals surface area contributed by atoms with Crippen LogP contribution in [0, 0.1) is 6.92 Å². The first-order chi connectivity index (χ1) is 9.15. The smallest absolute Gasteiger partial charge is 0.246 e. The zero-order valence-electron chi connectivity index (χ0n) is 11.2. The van der Waals surface area contributed by atoms with Gasteiger partial charge in [-0.1, -0.05) is 30.3 Å². The molecule has 0 aliphatic carbocycles. The fourth-order valence-electron chi connectivity index (χ4n) is 1.76. The van der Waals surface area contributed by atoms with Crippen LogP contribution in [0.4, 0.5) is 0 Å². The SMILES string of the molecule is Cc1ccc(/C=C\C(=O)N(C)Cc2ccccc2)o1. The highest BCUT2D eigenvalue weighted by Gasteiger charge is 2.05. The number of hydrogen-bond donors (Lipinski definition) is 0. The Morgan fingerprint density at radius 2 is 1.95 bits per heavy atom. The van der Waals surface area contributed by atoms with Crippen LogP contribution in [0.3, 0.4) is 0 Å². The minimum absolute atomic E-state index is 0.0436. The molecule has 3 nitrogen and oxygen atoms in total. The summed E-state index contributed by atoms with van der Waals surface area (Å²) in [6, 6.07) is 13.6. The minimum Gasteiger partial charge on any atom is -0.462 e. The third kappa shape index (κ3) is 3.85. The molecule has 0 unspecified atom stereocenters. The number of rotatable bonds is 4. The van der Waals surface area contributed by atoms with E-state index in [-0.39, 0.29) is 5.91 Å². The highest BCUT2D eigenvalue weighted by atomic mass is 16.3. The zero-order valence-corrected chi connectivity index (χ0v) is 11.2. The van der Waals surface area contributed by atoms with Crippen LogP contribution in [-0.4, -0.2) is 17.9 Å². The molecule has 0 radical (unpaired) electrons. The Balaban J connectivity index is 1.94. The number of carbonyl (C=O) groups excluding carboxylic acids is 1. The Bertz CT molecular complexity index is 569. The van der Waals surface area contributed by atoms with Crippen molar-refractivity contribution in [3.63, 3.8) is 0 Å². The highest BCUT2D eigenvalue weighted by molar-refractivity contribution is 5.91. The maximum absolute atomic E-state index is 11.9. The van der Waals surface area contributed by atoms with Gasteiger partial charge in [-0.3, -0.25) is 4.79 Å². The lowest BCUT2D eigenvalue weighted by atomic mass is 10.2. The van der Waals surface area contributed by atoms with Crippen LogP contribution in [0.2, 0.25) is 0 Å². The summed E-state index contributed by atoms with van der Waals surface area (Å²) < 4.78 is 5.37. The van der Waals surface area contributed by atoms with Gasteiger partial charge in [-0.15, -0.1) is 0 Å². The summed E-state index contributed by atoms with van der Waals surface area (Å²) in [5, 5.41) is 0. The van der Waals surface area contributed by atoms with Gasteiger partial charge in [0.2, 0.25) is 5.91 Å². The molecule has 98 valence electrons. The molecule has 2 aromatic rings. The molecule has 19 heavy (non-hydrogen) atoms. The Kier molecular flexibility index (Phi) is 4.18. The quantitative estimate of drug-likeness (QED) is 0.786. The summed E-state index contributed by atoms with van der Waals surface area (Å²) in [6.45, 7) is 2.47. The predicted octanol–water partition coefficient (Wildman–Crippen LogP) is 3.26. The van der Waals surface area contributed by atoms with Gasteiger partial charge in [0.25, 0.3) is 0 Å². The monoisotopic (exact) mass is 255 g/mol. The molecule has 0 saturated heterocycles. The second kappa shape index (κ2) is 6.05. The summed E-state index contributed by atoms with van der Waals surface area (Å²) >= 11 is 0. The number of amides is 1. The van der Waals surface area contributed by atoms with E-state index in [0.717, 1.165) is 11.3 Å². The predicted molar refractivity (Wildman–Crippen MR) is 75.4 cm³/mol. The Morgan fingerprint density at radius 3 is 2.58 bits per heavy atom. The standard InChI is InChI=1S/C16H17NO2/c1-13-8-9-15(19-13)10-11-16(18)17(2)12-14-6-4-3-5-7-14/h3-11H,12H2,1-2H3/b11-10-. The fourth-order valence-corrected chi connectivity index (χ4v) is 1.76. The third-order valence-corrected chi connectivity index (χ3v) is 2.79. The second-order valence-corrected chi connectivity index (χ2v) is 4.46. The van der Waals surface area contributed by atoms with Crippen LogP contribution < -0.4 is 0 Å². The lowest BCUT2D eigenvalue weighted by Crippen LogP contribution is -2.23. The van der Waals surface area contributed by atoms with E-state index in [9.17, 15) is 4.79 Å². The van der Waals surface area contributed by atoms with Crippen LogP contribution in [0.1, 0.15) is 17.1 Å². The molecule has 0 spiro atoms. The van der Waals surface area contributed by atoms with E-state index in [1.807, 2.05) is 49.4 Å². The molecule has 1 heterocycles. The van der Waals surface area contributed by atoms with E-state index >= 15 is 0 Å². The van der Waals surface area contributed by atoms with Crippen LogP contribution in [-0.2, 0) is 11.3 Å². The van der Waals surface area contributed by atoms with Crippen molar-refractivity contribution in [2.45, 2.75) is 13.5 Å². The van der Waals surface area contributed by atoms with Gasteiger partial charge in [-0.05, 0) is 30.7 Å². The van der Waals surface area contributed by atoms with E-state index in [4.69, 9.17) is 4.42 Å². The molecule has 3 heteroatoms. The molecule has 0 aliphatic rings. The molecule has 2 rings (SSSR count). The van der Waals surface area contributed by atoms with Crippen molar-refractivity contribution in [1.29, 1.82) is 0 Å². The van der Waals surface area contributed by atoms with Gasteiger partial charge < -0.3 is 9.32 Å². The fraction of sp³-hybridized carbons (Fsp3) is 0.188. The van der Waals surface area contributed by atoms with E-state index in [1.165, 1.54) is 6.08 Å². The van der Waals surface area contributed by atoms with Crippen molar-refractivity contribution in [1.82, 2.24) is 4.90 Å². The molecule has 0 bridgehead atoms. The van der Waals surface area contributed by atoms with Crippen molar-refractivity contribution < 1.29 is 9.21 Å². The molecule has 1 aromatic heterocycles. The van der Waals surface area contributed by atoms with Gasteiger partial charge in [0.05, 0.1) is 0 Å². The van der Waals surface area contributed by atoms with E-state index < -0.39 is 0 Å². The summed E-state index contributed by atoms with van der Waals surface area (Å²) in [5.41, 5.74) is 1.11. The van der Waals surface area contributed by atoms with Gasteiger partial charge in [0, 0.05) is 19.7 Å². The molecule has 0 atom stereocenters. The van der Waals surface area contributed by atoms with Crippen LogP contribution in [0.15, 0.2) is 53.0 Å². The second-order valence-electron chi connectivity index (χ2n) is 4.46. The molecular formula is C16H17NO2. The first-order valence-corrected chi connectivity index (χ1v) is 6.19. The largest absolute Gasteiger partial charge is 0.462 e. The average molecular weight is 255 g/mol. The van der Waals surface area contributed by atoms with Crippen molar-refractivity contribution in [3.8, 4) is 0 Å². The molecule has 0 fully saturated rings. The van der Waals surface area contributed by atoms with Gasteiger partial charge in [-0.2, -0.15) is 0 Å².